The molecule has 3 rings (SSSR count). The summed E-state index contributed by atoms with van der Waals surface area (Å²) in [5.41, 5.74) is 1.85. The van der Waals surface area contributed by atoms with E-state index in [9.17, 15) is 4.79 Å². The molecule has 21 heavy (non-hydrogen) atoms. The monoisotopic (exact) mass is 284 g/mol. The SMILES string of the molecule is COc1ccc(-n2nc(C=O)cc2-c2cnn(C)c2)nn1. The van der Waals surface area contributed by atoms with E-state index in [0.29, 0.717) is 29.4 Å². The molecule has 0 saturated heterocycles. The smallest absolute Gasteiger partial charge is 0.233 e. The zero-order valence-electron chi connectivity index (χ0n) is 11.5. The van der Waals surface area contributed by atoms with Crippen molar-refractivity contribution in [3.8, 4) is 23.0 Å². The van der Waals surface area contributed by atoms with Gasteiger partial charge in [-0.05, 0) is 12.1 Å². The van der Waals surface area contributed by atoms with Gasteiger partial charge in [0.25, 0.3) is 0 Å². The minimum Gasteiger partial charge on any atom is -0.480 e. The van der Waals surface area contributed by atoms with Crippen molar-refractivity contribution in [1.82, 2.24) is 29.8 Å². The molecule has 0 saturated carbocycles. The molecule has 0 aromatic carbocycles. The van der Waals surface area contributed by atoms with Gasteiger partial charge in [0.15, 0.2) is 12.1 Å². The topological polar surface area (TPSA) is 87.7 Å². The van der Waals surface area contributed by atoms with Crippen molar-refractivity contribution in [2.24, 2.45) is 7.05 Å². The predicted octanol–water partition coefficient (Wildman–Crippen LogP) is 0.884. The zero-order chi connectivity index (χ0) is 14.8. The van der Waals surface area contributed by atoms with E-state index < -0.39 is 0 Å². The highest BCUT2D eigenvalue weighted by atomic mass is 16.5. The second kappa shape index (κ2) is 5.16. The zero-order valence-corrected chi connectivity index (χ0v) is 11.5. The van der Waals surface area contributed by atoms with Crippen LogP contribution < -0.4 is 4.74 Å². The minimum atomic E-state index is 0.312. The maximum atomic E-state index is 11.0. The van der Waals surface area contributed by atoms with Crippen molar-refractivity contribution in [2.75, 3.05) is 7.11 Å². The van der Waals surface area contributed by atoms with Crippen LogP contribution in [0.4, 0.5) is 0 Å². The molecule has 3 aromatic heterocycles. The van der Waals surface area contributed by atoms with Crippen LogP contribution in [0.5, 0.6) is 5.88 Å². The lowest BCUT2D eigenvalue weighted by Gasteiger charge is -2.04. The molecular weight excluding hydrogens is 272 g/mol. The highest BCUT2D eigenvalue weighted by Crippen LogP contribution is 2.22. The average molecular weight is 284 g/mol. The van der Waals surface area contributed by atoms with Crippen LogP contribution in [0.15, 0.2) is 30.6 Å². The van der Waals surface area contributed by atoms with E-state index in [1.165, 1.54) is 7.11 Å². The normalized spacial score (nSPS) is 10.6. The number of hydrogen-bond acceptors (Lipinski definition) is 6. The van der Waals surface area contributed by atoms with E-state index in [1.54, 1.807) is 33.8 Å². The summed E-state index contributed by atoms with van der Waals surface area (Å²) in [6, 6.07) is 5.07. The number of aryl methyl sites for hydroxylation is 1. The van der Waals surface area contributed by atoms with Crippen LogP contribution in [0.1, 0.15) is 10.5 Å². The van der Waals surface area contributed by atoms with E-state index in [-0.39, 0.29) is 0 Å². The molecule has 0 fully saturated rings. The number of aldehydes is 1. The number of aromatic nitrogens is 6. The first-order chi connectivity index (χ1) is 10.2. The number of hydrogen-bond donors (Lipinski definition) is 0. The van der Waals surface area contributed by atoms with Crippen LogP contribution in [0.2, 0.25) is 0 Å². The summed E-state index contributed by atoms with van der Waals surface area (Å²) in [7, 11) is 3.33. The summed E-state index contributed by atoms with van der Waals surface area (Å²) in [5.74, 6) is 0.896. The van der Waals surface area contributed by atoms with Gasteiger partial charge in [0, 0.05) is 24.9 Å². The first-order valence-electron chi connectivity index (χ1n) is 6.13. The highest BCUT2D eigenvalue weighted by molar-refractivity contribution is 5.76. The summed E-state index contributed by atoms with van der Waals surface area (Å²) in [4.78, 5) is 11.0. The largest absolute Gasteiger partial charge is 0.480 e. The molecule has 0 unspecified atom stereocenters. The van der Waals surface area contributed by atoms with Crippen molar-refractivity contribution >= 4 is 6.29 Å². The van der Waals surface area contributed by atoms with Gasteiger partial charge in [-0.3, -0.25) is 9.48 Å². The van der Waals surface area contributed by atoms with Crippen molar-refractivity contribution in [1.29, 1.82) is 0 Å². The lowest BCUT2D eigenvalue weighted by Crippen LogP contribution is -2.04. The third-order valence-electron chi connectivity index (χ3n) is 2.90. The quantitative estimate of drug-likeness (QED) is 0.661. The Hall–Kier alpha value is -3.03. The average Bonchev–Trinajstić information content (AvgIpc) is 3.13. The number of rotatable bonds is 4. The molecule has 8 heteroatoms. The van der Waals surface area contributed by atoms with Crippen LogP contribution in [0, 0.1) is 0 Å². The Kier molecular flexibility index (Phi) is 3.19. The highest BCUT2D eigenvalue weighted by Gasteiger charge is 2.14. The first kappa shape index (κ1) is 13.0. The van der Waals surface area contributed by atoms with Crippen molar-refractivity contribution in [2.45, 2.75) is 0 Å². The molecule has 3 heterocycles. The van der Waals surface area contributed by atoms with Crippen LogP contribution >= 0.6 is 0 Å². The maximum Gasteiger partial charge on any atom is 0.233 e. The van der Waals surface area contributed by atoms with E-state index in [0.717, 1.165) is 5.56 Å². The third kappa shape index (κ3) is 2.38. The first-order valence-corrected chi connectivity index (χ1v) is 6.13. The summed E-state index contributed by atoms with van der Waals surface area (Å²) >= 11 is 0. The van der Waals surface area contributed by atoms with E-state index in [1.807, 2.05) is 13.2 Å². The third-order valence-corrected chi connectivity index (χ3v) is 2.90. The fourth-order valence-corrected chi connectivity index (χ4v) is 1.93. The lowest BCUT2D eigenvalue weighted by atomic mass is 10.2. The van der Waals surface area contributed by atoms with Crippen LogP contribution in [-0.2, 0) is 7.05 Å². The molecule has 8 nitrogen and oxygen atoms in total. The number of carbonyl (C=O) groups excluding carboxylic acids is 1. The van der Waals surface area contributed by atoms with Crippen LogP contribution in [0.3, 0.4) is 0 Å². The van der Waals surface area contributed by atoms with E-state index in [2.05, 4.69) is 20.4 Å². The second-order valence-corrected chi connectivity index (χ2v) is 4.32. The summed E-state index contributed by atoms with van der Waals surface area (Å²) in [6.07, 6.45) is 4.21. The molecule has 3 aromatic rings. The van der Waals surface area contributed by atoms with E-state index >= 15 is 0 Å². The molecule has 0 aliphatic rings. The maximum absolute atomic E-state index is 11.0. The number of carbonyl (C=O) groups is 1. The minimum absolute atomic E-state index is 0.312. The van der Waals surface area contributed by atoms with Gasteiger partial charge in [-0.1, -0.05) is 0 Å². The molecule has 0 amide bonds. The van der Waals surface area contributed by atoms with Crippen molar-refractivity contribution in [3.63, 3.8) is 0 Å². The van der Waals surface area contributed by atoms with Gasteiger partial charge < -0.3 is 4.74 Å². The van der Waals surface area contributed by atoms with Gasteiger partial charge in [0.05, 0.1) is 19.0 Å². The molecular formula is C13H12N6O2. The Morgan fingerprint density at radius 1 is 1.29 bits per heavy atom. The summed E-state index contributed by atoms with van der Waals surface area (Å²) in [6.45, 7) is 0. The Bertz CT molecular complexity index is 774. The van der Waals surface area contributed by atoms with E-state index in [4.69, 9.17) is 4.74 Å². The Morgan fingerprint density at radius 2 is 2.14 bits per heavy atom. The van der Waals surface area contributed by atoms with Gasteiger partial charge in [-0.25, -0.2) is 4.68 Å². The molecule has 0 radical (unpaired) electrons. The molecule has 0 bridgehead atoms. The molecule has 0 spiro atoms. The number of methoxy groups -OCH3 is 1. The Labute approximate surface area is 120 Å². The molecule has 0 aliphatic carbocycles. The van der Waals surface area contributed by atoms with Gasteiger partial charge in [0.2, 0.25) is 5.88 Å². The lowest BCUT2D eigenvalue weighted by molar-refractivity contribution is 0.111. The number of nitrogens with zero attached hydrogens (tertiary/aromatic N) is 6. The van der Waals surface area contributed by atoms with Crippen molar-refractivity contribution < 1.29 is 9.53 Å². The van der Waals surface area contributed by atoms with Crippen LogP contribution in [-0.4, -0.2) is 43.2 Å². The number of ether oxygens (including phenoxy) is 1. The molecule has 106 valence electrons. The van der Waals surface area contributed by atoms with Gasteiger partial charge >= 0.3 is 0 Å². The Balaban J connectivity index is 2.12. The molecule has 0 N–H and O–H groups in total. The standard InChI is InChI=1S/C13H12N6O2/c1-18-7-9(6-14-18)11-5-10(8-20)17-19(11)12-3-4-13(21-2)16-15-12/h3-8H,1-2H3. The van der Waals surface area contributed by atoms with Crippen molar-refractivity contribution in [3.05, 3.63) is 36.3 Å². The second-order valence-electron chi connectivity index (χ2n) is 4.32. The van der Waals surface area contributed by atoms with Gasteiger partial charge in [-0.2, -0.15) is 10.2 Å². The van der Waals surface area contributed by atoms with Crippen LogP contribution in [0.25, 0.3) is 17.1 Å². The fraction of sp³-hybridized carbons (Fsp3) is 0.154. The summed E-state index contributed by atoms with van der Waals surface area (Å²) < 4.78 is 8.20. The van der Waals surface area contributed by atoms with Gasteiger partial charge in [0.1, 0.15) is 5.69 Å². The molecule has 0 aliphatic heterocycles. The fourth-order valence-electron chi connectivity index (χ4n) is 1.93. The molecule has 0 atom stereocenters. The Morgan fingerprint density at radius 3 is 2.71 bits per heavy atom. The van der Waals surface area contributed by atoms with Gasteiger partial charge in [-0.15, -0.1) is 10.2 Å². The predicted molar refractivity (Wildman–Crippen MR) is 73.3 cm³/mol. The summed E-state index contributed by atoms with van der Waals surface area (Å²) in [5, 5.41) is 16.3.